The second-order valence-corrected chi connectivity index (χ2v) is 3.37. The Balaban J connectivity index is 1.83. The van der Waals surface area contributed by atoms with Crippen molar-refractivity contribution in [1.82, 2.24) is 9.97 Å². The van der Waals surface area contributed by atoms with Gasteiger partial charge in [0.15, 0.2) is 0 Å². The van der Waals surface area contributed by atoms with Gasteiger partial charge in [-0.3, -0.25) is 0 Å². The van der Waals surface area contributed by atoms with E-state index in [9.17, 15) is 0 Å². The largest absolute Gasteiger partial charge is 0.469 e. The molecule has 78 valence electrons. The molecule has 2 aromatic rings. The first kappa shape index (κ1) is 9.98. The van der Waals surface area contributed by atoms with E-state index in [1.54, 1.807) is 12.3 Å². The standard InChI is InChI=1S/C10H10ClN3O/c11-9-6-10(14-7-13-9)12-4-3-8-2-1-5-15-8/h1-2,5-7H,3-4H2,(H,12,13,14). The fraction of sp³-hybridized carbons (Fsp3) is 0.200. The molecule has 0 fully saturated rings. The Kier molecular flexibility index (Phi) is 3.19. The summed E-state index contributed by atoms with van der Waals surface area (Å²) in [5.74, 6) is 1.67. The summed E-state index contributed by atoms with van der Waals surface area (Å²) in [6.07, 6.45) is 3.91. The first-order chi connectivity index (χ1) is 7.34. The molecule has 0 unspecified atom stereocenters. The van der Waals surface area contributed by atoms with Crippen molar-refractivity contribution in [3.8, 4) is 0 Å². The van der Waals surface area contributed by atoms with Gasteiger partial charge in [-0.25, -0.2) is 9.97 Å². The maximum absolute atomic E-state index is 5.71. The third kappa shape index (κ3) is 2.95. The molecule has 0 spiro atoms. The summed E-state index contributed by atoms with van der Waals surface area (Å²) >= 11 is 5.71. The molecule has 0 bridgehead atoms. The predicted octanol–water partition coefficient (Wildman–Crippen LogP) is 2.38. The van der Waals surface area contributed by atoms with Crippen molar-refractivity contribution < 1.29 is 4.42 Å². The summed E-state index contributed by atoms with van der Waals surface area (Å²) in [4.78, 5) is 7.81. The van der Waals surface area contributed by atoms with E-state index in [0.717, 1.165) is 24.5 Å². The van der Waals surface area contributed by atoms with Gasteiger partial charge in [-0.05, 0) is 12.1 Å². The van der Waals surface area contributed by atoms with Crippen molar-refractivity contribution in [3.05, 3.63) is 41.7 Å². The Labute approximate surface area is 92.3 Å². The summed E-state index contributed by atoms with van der Waals surface area (Å²) in [7, 11) is 0. The Morgan fingerprint density at radius 3 is 3.07 bits per heavy atom. The smallest absolute Gasteiger partial charge is 0.134 e. The van der Waals surface area contributed by atoms with Crippen molar-refractivity contribution >= 4 is 17.4 Å². The minimum absolute atomic E-state index is 0.436. The number of hydrogen-bond donors (Lipinski definition) is 1. The van der Waals surface area contributed by atoms with Crippen LogP contribution in [0.2, 0.25) is 5.15 Å². The number of anilines is 1. The molecule has 0 aliphatic rings. The van der Waals surface area contributed by atoms with E-state index in [-0.39, 0.29) is 0 Å². The highest BCUT2D eigenvalue weighted by molar-refractivity contribution is 6.29. The molecular formula is C10H10ClN3O. The van der Waals surface area contributed by atoms with Crippen molar-refractivity contribution in [1.29, 1.82) is 0 Å². The highest BCUT2D eigenvalue weighted by atomic mass is 35.5. The lowest BCUT2D eigenvalue weighted by Gasteiger charge is -2.03. The van der Waals surface area contributed by atoms with Crippen molar-refractivity contribution in [3.63, 3.8) is 0 Å². The minimum Gasteiger partial charge on any atom is -0.469 e. The summed E-state index contributed by atoms with van der Waals surface area (Å²) in [6.45, 7) is 0.751. The monoisotopic (exact) mass is 223 g/mol. The summed E-state index contributed by atoms with van der Waals surface area (Å²) < 4.78 is 5.20. The molecule has 0 aromatic carbocycles. The Hall–Kier alpha value is -1.55. The van der Waals surface area contributed by atoms with Crippen LogP contribution in [-0.2, 0) is 6.42 Å². The van der Waals surface area contributed by atoms with Crippen molar-refractivity contribution in [2.24, 2.45) is 0 Å². The van der Waals surface area contributed by atoms with Crippen LogP contribution < -0.4 is 5.32 Å². The zero-order chi connectivity index (χ0) is 10.5. The summed E-state index contributed by atoms with van der Waals surface area (Å²) in [5.41, 5.74) is 0. The molecule has 15 heavy (non-hydrogen) atoms. The highest BCUT2D eigenvalue weighted by Gasteiger charge is 1.97. The number of rotatable bonds is 4. The van der Waals surface area contributed by atoms with E-state index < -0.39 is 0 Å². The summed E-state index contributed by atoms with van der Waals surface area (Å²) in [5, 5.41) is 3.56. The lowest BCUT2D eigenvalue weighted by molar-refractivity contribution is 0.513. The van der Waals surface area contributed by atoms with Gasteiger partial charge in [0, 0.05) is 19.0 Å². The lowest BCUT2D eigenvalue weighted by atomic mass is 10.3. The van der Waals surface area contributed by atoms with E-state index in [4.69, 9.17) is 16.0 Å². The van der Waals surface area contributed by atoms with Gasteiger partial charge in [-0.2, -0.15) is 0 Å². The van der Waals surface area contributed by atoms with Crippen LogP contribution in [0.1, 0.15) is 5.76 Å². The van der Waals surface area contributed by atoms with E-state index >= 15 is 0 Å². The first-order valence-electron chi connectivity index (χ1n) is 4.58. The number of nitrogens with one attached hydrogen (secondary N) is 1. The number of aromatic nitrogens is 2. The molecule has 0 radical (unpaired) electrons. The molecule has 5 heteroatoms. The topological polar surface area (TPSA) is 51.0 Å². The van der Waals surface area contributed by atoms with Crippen molar-refractivity contribution in [2.45, 2.75) is 6.42 Å². The van der Waals surface area contributed by atoms with E-state index in [0.29, 0.717) is 5.15 Å². The number of halogens is 1. The van der Waals surface area contributed by atoms with Gasteiger partial charge < -0.3 is 9.73 Å². The van der Waals surface area contributed by atoms with Gasteiger partial charge >= 0.3 is 0 Å². The van der Waals surface area contributed by atoms with Gasteiger partial charge in [0.1, 0.15) is 23.1 Å². The second-order valence-electron chi connectivity index (χ2n) is 2.98. The van der Waals surface area contributed by atoms with E-state index in [1.807, 2.05) is 12.1 Å². The quantitative estimate of drug-likeness (QED) is 0.809. The van der Waals surface area contributed by atoms with Crippen LogP contribution in [0.4, 0.5) is 5.82 Å². The molecule has 0 aliphatic heterocycles. The molecule has 0 atom stereocenters. The van der Waals surface area contributed by atoms with Gasteiger partial charge in [0.25, 0.3) is 0 Å². The molecule has 2 aromatic heterocycles. The van der Waals surface area contributed by atoms with Gasteiger partial charge in [0.2, 0.25) is 0 Å². The van der Waals surface area contributed by atoms with Crippen LogP contribution in [0.3, 0.4) is 0 Å². The number of furan rings is 1. The Morgan fingerprint density at radius 2 is 2.33 bits per heavy atom. The zero-order valence-corrected chi connectivity index (χ0v) is 8.74. The third-order valence-electron chi connectivity index (χ3n) is 1.89. The van der Waals surface area contributed by atoms with E-state index in [2.05, 4.69) is 15.3 Å². The Morgan fingerprint density at radius 1 is 1.40 bits per heavy atom. The third-order valence-corrected chi connectivity index (χ3v) is 2.10. The number of hydrogen-bond acceptors (Lipinski definition) is 4. The number of nitrogens with zero attached hydrogens (tertiary/aromatic N) is 2. The SMILES string of the molecule is Clc1cc(NCCc2ccco2)ncn1. The van der Waals surface area contributed by atoms with Gasteiger partial charge in [0.05, 0.1) is 6.26 Å². The second kappa shape index (κ2) is 4.79. The van der Waals surface area contributed by atoms with Crippen LogP contribution in [-0.4, -0.2) is 16.5 Å². The average Bonchev–Trinajstić information content (AvgIpc) is 2.71. The van der Waals surface area contributed by atoms with Crippen LogP contribution in [0.5, 0.6) is 0 Å². The van der Waals surface area contributed by atoms with E-state index in [1.165, 1.54) is 6.33 Å². The molecule has 2 rings (SSSR count). The maximum atomic E-state index is 5.71. The molecular weight excluding hydrogens is 214 g/mol. The molecule has 2 heterocycles. The van der Waals surface area contributed by atoms with Crippen LogP contribution >= 0.6 is 11.6 Å². The average molecular weight is 224 g/mol. The summed E-state index contributed by atoms with van der Waals surface area (Å²) in [6, 6.07) is 5.50. The molecule has 0 saturated heterocycles. The molecule has 4 nitrogen and oxygen atoms in total. The Bertz CT molecular complexity index is 416. The van der Waals surface area contributed by atoms with Crippen LogP contribution in [0.15, 0.2) is 35.2 Å². The minimum atomic E-state index is 0.436. The van der Waals surface area contributed by atoms with Crippen LogP contribution in [0.25, 0.3) is 0 Å². The predicted molar refractivity (Wildman–Crippen MR) is 57.9 cm³/mol. The molecule has 0 aliphatic carbocycles. The maximum Gasteiger partial charge on any atom is 0.134 e. The normalized spacial score (nSPS) is 10.2. The fourth-order valence-electron chi connectivity index (χ4n) is 1.20. The van der Waals surface area contributed by atoms with Crippen molar-refractivity contribution in [2.75, 3.05) is 11.9 Å². The zero-order valence-electron chi connectivity index (χ0n) is 7.98. The molecule has 1 N–H and O–H groups in total. The fourth-order valence-corrected chi connectivity index (χ4v) is 1.35. The van der Waals surface area contributed by atoms with Gasteiger partial charge in [-0.15, -0.1) is 0 Å². The lowest BCUT2D eigenvalue weighted by Crippen LogP contribution is -2.05. The van der Waals surface area contributed by atoms with Crippen LogP contribution in [0, 0.1) is 0 Å². The highest BCUT2D eigenvalue weighted by Crippen LogP contribution is 2.08. The molecule has 0 amide bonds. The molecule has 0 saturated carbocycles. The first-order valence-corrected chi connectivity index (χ1v) is 4.96. The van der Waals surface area contributed by atoms with Gasteiger partial charge in [-0.1, -0.05) is 11.6 Å².